The Hall–Kier alpha value is -0.340. The molecule has 2 nitrogen and oxygen atoms in total. The second-order valence-electron chi connectivity index (χ2n) is 9.51. The Morgan fingerprint density at radius 2 is 1.74 bits per heavy atom. The summed E-state index contributed by atoms with van der Waals surface area (Å²) in [7, 11) is 1.87. The molecule has 3 aliphatic rings. The van der Waals surface area contributed by atoms with Crippen molar-refractivity contribution in [2.24, 2.45) is 34.0 Å². The number of ether oxygens (including phenoxy) is 1. The molecule has 3 rings (SSSR count). The van der Waals surface area contributed by atoms with E-state index in [1.54, 1.807) is 0 Å². The van der Waals surface area contributed by atoms with E-state index in [0.29, 0.717) is 29.3 Å². The Kier molecular flexibility index (Phi) is 4.25. The van der Waals surface area contributed by atoms with Crippen molar-refractivity contribution in [2.75, 3.05) is 7.11 Å². The molecule has 132 valence electrons. The highest BCUT2D eigenvalue weighted by atomic mass is 16.5. The Bertz CT molecular complexity index is 474. The molecule has 3 saturated carbocycles. The standard InChI is InChI=1S/C21H36O2/c1-7-19(4)12-15(3)21-10-8-14(2)20(5,17(22)13-19)18(21)16(23-6)9-11-21/h7,14-18,22H,1,8-13H2,2-6H3/t14-,15-,16-,17-,18+,19+,20+,21-/m1/s1. The third-order valence-electron chi connectivity index (χ3n) is 8.59. The van der Waals surface area contributed by atoms with E-state index in [0.717, 1.165) is 19.3 Å². The van der Waals surface area contributed by atoms with Gasteiger partial charge in [0, 0.05) is 12.5 Å². The molecule has 2 heteroatoms. The molecular formula is C21H36O2. The van der Waals surface area contributed by atoms with Gasteiger partial charge in [0.25, 0.3) is 0 Å². The topological polar surface area (TPSA) is 29.5 Å². The van der Waals surface area contributed by atoms with Crippen molar-refractivity contribution < 1.29 is 9.84 Å². The maximum Gasteiger partial charge on any atom is 0.0611 e. The maximum atomic E-state index is 11.4. The fourth-order valence-electron chi connectivity index (χ4n) is 6.91. The molecule has 0 spiro atoms. The summed E-state index contributed by atoms with van der Waals surface area (Å²) >= 11 is 0. The van der Waals surface area contributed by atoms with E-state index in [2.05, 4.69) is 40.3 Å². The van der Waals surface area contributed by atoms with Crippen LogP contribution in [0.3, 0.4) is 0 Å². The quantitative estimate of drug-likeness (QED) is 0.739. The molecule has 2 bridgehead atoms. The van der Waals surface area contributed by atoms with E-state index >= 15 is 0 Å². The molecule has 0 unspecified atom stereocenters. The lowest BCUT2D eigenvalue weighted by atomic mass is 9.44. The van der Waals surface area contributed by atoms with Gasteiger partial charge < -0.3 is 9.84 Å². The van der Waals surface area contributed by atoms with Gasteiger partial charge in [-0.1, -0.05) is 33.8 Å². The molecule has 0 saturated heterocycles. The molecule has 1 N–H and O–H groups in total. The number of methoxy groups -OCH3 is 1. The van der Waals surface area contributed by atoms with Crippen LogP contribution in [0.2, 0.25) is 0 Å². The van der Waals surface area contributed by atoms with Crippen molar-refractivity contribution in [3.63, 3.8) is 0 Å². The lowest BCUT2D eigenvalue weighted by Gasteiger charge is -2.62. The number of allylic oxidation sites excluding steroid dienone is 1. The Labute approximate surface area is 142 Å². The molecule has 3 aliphatic carbocycles. The van der Waals surface area contributed by atoms with Gasteiger partial charge in [0.2, 0.25) is 0 Å². The first kappa shape index (κ1) is 17.5. The molecule has 0 amide bonds. The van der Waals surface area contributed by atoms with E-state index in [9.17, 15) is 5.11 Å². The molecule has 3 fully saturated rings. The summed E-state index contributed by atoms with van der Waals surface area (Å²) < 4.78 is 5.97. The Balaban J connectivity index is 2.14. The van der Waals surface area contributed by atoms with Gasteiger partial charge >= 0.3 is 0 Å². The number of aliphatic hydroxyl groups is 1. The first-order valence-corrected chi connectivity index (χ1v) is 9.58. The Morgan fingerprint density at radius 3 is 2.35 bits per heavy atom. The van der Waals surface area contributed by atoms with Crippen molar-refractivity contribution in [3.05, 3.63) is 12.7 Å². The van der Waals surface area contributed by atoms with E-state index in [4.69, 9.17) is 4.74 Å². The smallest absolute Gasteiger partial charge is 0.0611 e. The average molecular weight is 321 g/mol. The van der Waals surface area contributed by atoms with Crippen LogP contribution in [-0.4, -0.2) is 24.4 Å². The van der Waals surface area contributed by atoms with Crippen LogP contribution in [0.5, 0.6) is 0 Å². The van der Waals surface area contributed by atoms with Crippen molar-refractivity contribution in [1.29, 1.82) is 0 Å². The minimum absolute atomic E-state index is 0.0419. The number of hydrogen-bond donors (Lipinski definition) is 1. The molecule has 23 heavy (non-hydrogen) atoms. The minimum atomic E-state index is -0.270. The van der Waals surface area contributed by atoms with Gasteiger partial charge in [0.05, 0.1) is 12.2 Å². The second kappa shape index (κ2) is 5.59. The summed E-state index contributed by atoms with van der Waals surface area (Å²) in [5, 5.41) is 11.4. The van der Waals surface area contributed by atoms with Crippen LogP contribution in [0.1, 0.15) is 66.2 Å². The van der Waals surface area contributed by atoms with Gasteiger partial charge in [-0.15, -0.1) is 6.58 Å². The van der Waals surface area contributed by atoms with Crippen LogP contribution < -0.4 is 0 Å². The second-order valence-corrected chi connectivity index (χ2v) is 9.51. The highest BCUT2D eigenvalue weighted by Gasteiger charge is 2.65. The fourth-order valence-corrected chi connectivity index (χ4v) is 6.91. The fraction of sp³-hybridized carbons (Fsp3) is 0.905. The predicted molar refractivity (Wildman–Crippen MR) is 95.2 cm³/mol. The normalized spacial score (nSPS) is 56.5. The van der Waals surface area contributed by atoms with Crippen LogP contribution in [0, 0.1) is 34.0 Å². The highest BCUT2D eigenvalue weighted by molar-refractivity contribution is 5.15. The van der Waals surface area contributed by atoms with Crippen molar-refractivity contribution in [2.45, 2.75) is 78.4 Å². The maximum absolute atomic E-state index is 11.4. The largest absolute Gasteiger partial charge is 0.393 e. The van der Waals surface area contributed by atoms with E-state index in [1.807, 2.05) is 7.11 Å². The van der Waals surface area contributed by atoms with Gasteiger partial charge in [-0.3, -0.25) is 0 Å². The molecule has 0 aromatic heterocycles. The van der Waals surface area contributed by atoms with Crippen LogP contribution in [0.15, 0.2) is 12.7 Å². The summed E-state index contributed by atoms with van der Waals surface area (Å²) in [6, 6.07) is 0. The average Bonchev–Trinajstić information content (AvgIpc) is 2.91. The summed E-state index contributed by atoms with van der Waals surface area (Å²) in [6.45, 7) is 13.6. The zero-order valence-electron chi connectivity index (χ0n) is 15.8. The zero-order valence-corrected chi connectivity index (χ0v) is 15.8. The van der Waals surface area contributed by atoms with Crippen molar-refractivity contribution >= 4 is 0 Å². The molecule has 0 radical (unpaired) electrons. The molecule has 8 atom stereocenters. The number of rotatable bonds is 2. The Morgan fingerprint density at radius 1 is 1.09 bits per heavy atom. The molecule has 0 aromatic rings. The number of aliphatic hydroxyl groups excluding tert-OH is 1. The SMILES string of the molecule is C=C[C@@]1(C)C[C@@H](C)[C@]23CC[C@@H](C)[C@@](C)([C@H](O)C1)[C@@H]2[C@H](OC)CC3. The van der Waals surface area contributed by atoms with Crippen molar-refractivity contribution in [1.82, 2.24) is 0 Å². The minimum Gasteiger partial charge on any atom is -0.393 e. The van der Waals surface area contributed by atoms with Crippen LogP contribution in [0.4, 0.5) is 0 Å². The van der Waals surface area contributed by atoms with Crippen molar-refractivity contribution in [3.8, 4) is 0 Å². The highest BCUT2D eigenvalue weighted by Crippen LogP contribution is 2.68. The first-order chi connectivity index (χ1) is 10.7. The molecular weight excluding hydrogens is 284 g/mol. The van der Waals surface area contributed by atoms with E-state index in [-0.39, 0.29) is 16.9 Å². The van der Waals surface area contributed by atoms with Crippen LogP contribution in [0.25, 0.3) is 0 Å². The van der Waals surface area contributed by atoms with Gasteiger partial charge in [-0.2, -0.15) is 0 Å². The summed E-state index contributed by atoms with van der Waals surface area (Å²) in [5.74, 6) is 1.70. The third-order valence-corrected chi connectivity index (χ3v) is 8.59. The summed E-state index contributed by atoms with van der Waals surface area (Å²) in [6.07, 6.45) is 9.10. The lowest BCUT2D eigenvalue weighted by molar-refractivity contribution is -0.185. The third kappa shape index (κ3) is 2.28. The molecule has 0 heterocycles. The monoisotopic (exact) mass is 320 g/mol. The predicted octanol–water partition coefficient (Wildman–Crippen LogP) is 4.82. The molecule has 0 aliphatic heterocycles. The summed E-state index contributed by atoms with van der Waals surface area (Å²) in [4.78, 5) is 0. The van der Waals surface area contributed by atoms with E-state index < -0.39 is 0 Å². The van der Waals surface area contributed by atoms with Crippen LogP contribution in [-0.2, 0) is 4.74 Å². The van der Waals surface area contributed by atoms with Gasteiger partial charge in [-0.25, -0.2) is 0 Å². The zero-order chi connectivity index (χ0) is 17.0. The van der Waals surface area contributed by atoms with Crippen LogP contribution >= 0.6 is 0 Å². The molecule has 0 aromatic carbocycles. The lowest BCUT2D eigenvalue weighted by Crippen LogP contribution is -2.60. The van der Waals surface area contributed by atoms with E-state index in [1.165, 1.54) is 19.3 Å². The summed E-state index contributed by atoms with van der Waals surface area (Å²) in [5.41, 5.74) is 0.336. The van der Waals surface area contributed by atoms with Gasteiger partial charge in [0.15, 0.2) is 0 Å². The van der Waals surface area contributed by atoms with Gasteiger partial charge in [-0.05, 0) is 67.1 Å². The van der Waals surface area contributed by atoms with Gasteiger partial charge in [0.1, 0.15) is 0 Å². The first-order valence-electron chi connectivity index (χ1n) is 9.58. The number of hydrogen-bond acceptors (Lipinski definition) is 2.